The zero-order valence-corrected chi connectivity index (χ0v) is 12.4. The summed E-state index contributed by atoms with van der Waals surface area (Å²) in [5, 5.41) is 2.98. The van der Waals surface area contributed by atoms with Crippen LogP contribution in [0, 0.1) is 0 Å². The Kier molecular flexibility index (Phi) is 4.84. The summed E-state index contributed by atoms with van der Waals surface area (Å²) in [7, 11) is 3.73. The predicted molar refractivity (Wildman–Crippen MR) is 78.9 cm³/mol. The second-order valence-corrected chi connectivity index (χ2v) is 5.28. The van der Waals surface area contributed by atoms with Gasteiger partial charge in [0, 0.05) is 37.8 Å². The summed E-state index contributed by atoms with van der Waals surface area (Å²) in [6.45, 7) is 5.18. The van der Waals surface area contributed by atoms with Crippen molar-refractivity contribution in [3.8, 4) is 5.75 Å². The van der Waals surface area contributed by atoms with Crippen LogP contribution in [0.15, 0.2) is 24.3 Å². The molecule has 5 heteroatoms. The fourth-order valence-corrected chi connectivity index (χ4v) is 2.56. The molecule has 20 heavy (non-hydrogen) atoms. The van der Waals surface area contributed by atoms with Crippen LogP contribution < -0.4 is 10.1 Å². The van der Waals surface area contributed by atoms with Crippen molar-refractivity contribution in [3.63, 3.8) is 0 Å². The first-order valence-electron chi connectivity index (χ1n) is 6.96. The number of nitrogens with zero attached hydrogens (tertiary/aromatic N) is 2. The first-order chi connectivity index (χ1) is 9.61. The van der Waals surface area contributed by atoms with Gasteiger partial charge < -0.3 is 19.9 Å². The van der Waals surface area contributed by atoms with Crippen LogP contribution >= 0.6 is 0 Å². The van der Waals surface area contributed by atoms with Crippen molar-refractivity contribution in [2.45, 2.75) is 19.5 Å². The highest BCUT2D eigenvalue weighted by Gasteiger charge is 2.25. The summed E-state index contributed by atoms with van der Waals surface area (Å²) >= 11 is 0. The summed E-state index contributed by atoms with van der Waals surface area (Å²) < 4.78 is 5.29. The molecule has 2 rings (SSSR count). The molecule has 1 atom stereocenters. The highest BCUT2D eigenvalue weighted by Crippen LogP contribution is 2.17. The van der Waals surface area contributed by atoms with Crippen LogP contribution in [0.4, 0.5) is 4.79 Å². The van der Waals surface area contributed by atoms with Gasteiger partial charge in [-0.05, 0) is 20.0 Å². The second-order valence-electron chi connectivity index (χ2n) is 5.28. The molecule has 1 saturated heterocycles. The Hall–Kier alpha value is -1.75. The number of para-hydroxylation sites is 1. The van der Waals surface area contributed by atoms with Crippen molar-refractivity contribution in [1.82, 2.24) is 15.1 Å². The van der Waals surface area contributed by atoms with Crippen LogP contribution in [-0.2, 0) is 6.54 Å². The number of rotatable bonds is 3. The van der Waals surface area contributed by atoms with Crippen LogP contribution in [-0.4, -0.2) is 55.7 Å². The fraction of sp³-hybridized carbons (Fsp3) is 0.533. The topological polar surface area (TPSA) is 44.8 Å². The number of carbonyl (C=O) groups is 1. The van der Waals surface area contributed by atoms with E-state index in [-0.39, 0.29) is 12.1 Å². The Morgan fingerprint density at radius 2 is 2.15 bits per heavy atom. The predicted octanol–water partition coefficient (Wildman–Crippen LogP) is 1.54. The highest BCUT2D eigenvalue weighted by molar-refractivity contribution is 5.74. The first kappa shape index (κ1) is 14.7. The SMILES string of the molecule is COc1ccccc1CNC(=O)N1CCN(C)CC1C. The number of benzene rings is 1. The van der Waals surface area contributed by atoms with Crippen LogP contribution in [0.5, 0.6) is 5.75 Å². The number of carbonyl (C=O) groups excluding carboxylic acids is 1. The van der Waals surface area contributed by atoms with Gasteiger partial charge in [0.25, 0.3) is 0 Å². The van der Waals surface area contributed by atoms with Gasteiger partial charge in [-0.3, -0.25) is 0 Å². The molecule has 0 aromatic heterocycles. The van der Waals surface area contributed by atoms with E-state index in [1.54, 1.807) is 7.11 Å². The number of piperazine rings is 1. The van der Waals surface area contributed by atoms with Crippen LogP contribution in [0.1, 0.15) is 12.5 Å². The molecule has 2 amide bonds. The molecule has 1 fully saturated rings. The Labute approximate surface area is 120 Å². The molecule has 1 aromatic rings. The molecule has 1 aromatic carbocycles. The lowest BCUT2D eigenvalue weighted by Gasteiger charge is -2.38. The maximum Gasteiger partial charge on any atom is 0.317 e. The van der Waals surface area contributed by atoms with Gasteiger partial charge in [0.1, 0.15) is 5.75 Å². The fourth-order valence-electron chi connectivity index (χ4n) is 2.56. The molecule has 1 aliphatic rings. The van der Waals surface area contributed by atoms with Gasteiger partial charge in [0.15, 0.2) is 0 Å². The van der Waals surface area contributed by atoms with Crippen molar-refractivity contribution in [3.05, 3.63) is 29.8 Å². The number of amides is 2. The highest BCUT2D eigenvalue weighted by atomic mass is 16.5. The quantitative estimate of drug-likeness (QED) is 0.911. The second kappa shape index (κ2) is 6.61. The standard InChI is InChI=1S/C15H23N3O2/c1-12-11-17(2)8-9-18(12)15(19)16-10-13-6-4-5-7-14(13)20-3/h4-7,12H,8-11H2,1-3H3,(H,16,19). The maximum atomic E-state index is 12.2. The third-order valence-electron chi connectivity index (χ3n) is 3.71. The molecule has 1 aliphatic heterocycles. The molecule has 0 aliphatic carbocycles. The normalized spacial score (nSPS) is 19.8. The Morgan fingerprint density at radius 1 is 1.40 bits per heavy atom. The van der Waals surface area contributed by atoms with E-state index in [0.29, 0.717) is 6.54 Å². The number of nitrogens with one attached hydrogen (secondary N) is 1. The average molecular weight is 277 g/mol. The van der Waals surface area contributed by atoms with Crippen molar-refractivity contribution < 1.29 is 9.53 Å². The number of likely N-dealkylation sites (N-methyl/N-ethyl adjacent to an activating group) is 1. The molecule has 1 heterocycles. The molecular weight excluding hydrogens is 254 g/mol. The van der Waals surface area contributed by atoms with Gasteiger partial charge in [-0.1, -0.05) is 18.2 Å². The lowest BCUT2D eigenvalue weighted by molar-refractivity contribution is 0.116. The zero-order valence-electron chi connectivity index (χ0n) is 12.4. The molecule has 5 nitrogen and oxygen atoms in total. The van der Waals surface area contributed by atoms with E-state index in [2.05, 4.69) is 24.2 Å². The average Bonchev–Trinajstić information content (AvgIpc) is 2.45. The monoisotopic (exact) mass is 277 g/mol. The summed E-state index contributed by atoms with van der Waals surface area (Å²) in [5.74, 6) is 0.805. The largest absolute Gasteiger partial charge is 0.496 e. The minimum atomic E-state index is -0.00324. The van der Waals surface area contributed by atoms with Crippen molar-refractivity contribution in [2.24, 2.45) is 0 Å². The van der Waals surface area contributed by atoms with Gasteiger partial charge in [0.2, 0.25) is 0 Å². The lowest BCUT2D eigenvalue weighted by Crippen LogP contribution is -2.55. The van der Waals surface area contributed by atoms with Gasteiger partial charge >= 0.3 is 6.03 Å². The molecule has 1 N–H and O–H groups in total. The lowest BCUT2D eigenvalue weighted by atomic mass is 10.2. The van der Waals surface area contributed by atoms with Crippen molar-refractivity contribution >= 4 is 6.03 Å². The molecule has 1 unspecified atom stereocenters. The van der Waals surface area contributed by atoms with Gasteiger partial charge in [-0.15, -0.1) is 0 Å². The van der Waals surface area contributed by atoms with Gasteiger partial charge in [0.05, 0.1) is 7.11 Å². The summed E-state index contributed by atoms with van der Waals surface area (Å²) in [6, 6.07) is 7.98. The Balaban J connectivity index is 1.92. The third kappa shape index (κ3) is 3.42. The number of urea groups is 1. The van der Waals surface area contributed by atoms with E-state index < -0.39 is 0 Å². The first-order valence-corrected chi connectivity index (χ1v) is 6.96. The minimum absolute atomic E-state index is 0.00324. The molecular formula is C15H23N3O2. The van der Waals surface area contributed by atoms with Crippen molar-refractivity contribution in [1.29, 1.82) is 0 Å². The van der Waals surface area contributed by atoms with E-state index in [1.165, 1.54) is 0 Å². The maximum absolute atomic E-state index is 12.2. The third-order valence-corrected chi connectivity index (χ3v) is 3.71. The van der Waals surface area contributed by atoms with E-state index in [0.717, 1.165) is 30.9 Å². The number of hydrogen-bond acceptors (Lipinski definition) is 3. The van der Waals surface area contributed by atoms with Crippen molar-refractivity contribution in [2.75, 3.05) is 33.8 Å². The van der Waals surface area contributed by atoms with Crippen LogP contribution in [0.2, 0.25) is 0 Å². The minimum Gasteiger partial charge on any atom is -0.496 e. The van der Waals surface area contributed by atoms with E-state index in [9.17, 15) is 4.79 Å². The van der Waals surface area contributed by atoms with E-state index in [1.807, 2.05) is 29.2 Å². The van der Waals surface area contributed by atoms with Crippen LogP contribution in [0.25, 0.3) is 0 Å². The number of ether oxygens (including phenoxy) is 1. The van der Waals surface area contributed by atoms with Gasteiger partial charge in [-0.25, -0.2) is 4.79 Å². The summed E-state index contributed by atoms with van der Waals surface area (Å²) in [4.78, 5) is 16.4. The van der Waals surface area contributed by atoms with E-state index in [4.69, 9.17) is 4.74 Å². The smallest absolute Gasteiger partial charge is 0.317 e. The number of hydrogen-bond donors (Lipinski definition) is 1. The van der Waals surface area contributed by atoms with E-state index >= 15 is 0 Å². The summed E-state index contributed by atoms with van der Waals surface area (Å²) in [6.07, 6.45) is 0. The number of methoxy groups -OCH3 is 1. The molecule has 0 spiro atoms. The van der Waals surface area contributed by atoms with Gasteiger partial charge in [-0.2, -0.15) is 0 Å². The molecule has 0 radical (unpaired) electrons. The molecule has 110 valence electrons. The van der Waals surface area contributed by atoms with Crippen LogP contribution in [0.3, 0.4) is 0 Å². The Bertz CT molecular complexity index is 464. The summed E-state index contributed by atoms with van der Waals surface area (Å²) in [5.41, 5.74) is 0.991. The molecule has 0 saturated carbocycles. The Morgan fingerprint density at radius 3 is 2.85 bits per heavy atom. The zero-order chi connectivity index (χ0) is 14.5. The molecule has 0 bridgehead atoms.